The second-order valence-corrected chi connectivity index (χ2v) is 2.96. The van der Waals surface area contributed by atoms with Gasteiger partial charge in [-0.25, -0.2) is 0 Å². The molecule has 0 aliphatic carbocycles. The number of hydrogen-bond donors (Lipinski definition) is 4. The SMILES string of the molecule is CCNC(=O)CCCC[CH]NC(=N)N. The maximum Gasteiger partial charge on any atom is 0.219 e. The van der Waals surface area contributed by atoms with Crippen LogP contribution in [0.4, 0.5) is 0 Å². The Morgan fingerprint density at radius 1 is 1.50 bits per heavy atom. The maximum absolute atomic E-state index is 11.0. The molecule has 0 fully saturated rings. The molecule has 0 atom stereocenters. The molecule has 0 saturated carbocycles. The van der Waals surface area contributed by atoms with Crippen LogP contribution in [0.25, 0.3) is 0 Å². The maximum atomic E-state index is 11.0. The van der Waals surface area contributed by atoms with Gasteiger partial charge in [0.2, 0.25) is 5.91 Å². The highest BCUT2D eigenvalue weighted by atomic mass is 16.1. The minimum atomic E-state index is -0.0475. The topological polar surface area (TPSA) is 91.0 Å². The number of carbonyl (C=O) groups is 1. The third kappa shape index (κ3) is 8.83. The van der Waals surface area contributed by atoms with Gasteiger partial charge in [-0.1, -0.05) is 6.42 Å². The summed E-state index contributed by atoms with van der Waals surface area (Å²) in [6, 6.07) is 0. The Morgan fingerprint density at radius 3 is 2.79 bits per heavy atom. The lowest BCUT2D eigenvalue weighted by Crippen LogP contribution is -2.27. The van der Waals surface area contributed by atoms with E-state index in [0.717, 1.165) is 19.3 Å². The van der Waals surface area contributed by atoms with Crippen LogP contribution >= 0.6 is 0 Å². The number of rotatable bonds is 7. The van der Waals surface area contributed by atoms with Crippen molar-refractivity contribution in [2.75, 3.05) is 6.54 Å². The van der Waals surface area contributed by atoms with Crippen molar-refractivity contribution in [3.05, 3.63) is 6.54 Å². The van der Waals surface area contributed by atoms with Crippen molar-refractivity contribution >= 4 is 11.9 Å². The zero-order valence-corrected chi connectivity index (χ0v) is 8.60. The van der Waals surface area contributed by atoms with Gasteiger partial charge in [0.25, 0.3) is 0 Å². The van der Waals surface area contributed by atoms with Crippen molar-refractivity contribution in [1.82, 2.24) is 10.6 Å². The van der Waals surface area contributed by atoms with E-state index >= 15 is 0 Å². The summed E-state index contributed by atoms with van der Waals surface area (Å²) in [6.45, 7) is 4.33. The van der Waals surface area contributed by atoms with Crippen molar-refractivity contribution in [2.24, 2.45) is 5.73 Å². The summed E-state index contributed by atoms with van der Waals surface area (Å²) in [5, 5.41) is 12.2. The van der Waals surface area contributed by atoms with E-state index in [-0.39, 0.29) is 11.9 Å². The Labute approximate surface area is 84.9 Å². The summed E-state index contributed by atoms with van der Waals surface area (Å²) >= 11 is 0. The molecule has 0 heterocycles. The first-order valence-electron chi connectivity index (χ1n) is 4.85. The number of nitrogens with two attached hydrogens (primary N) is 1. The Morgan fingerprint density at radius 2 is 2.21 bits per heavy atom. The van der Waals surface area contributed by atoms with Gasteiger partial charge in [0.1, 0.15) is 0 Å². The monoisotopic (exact) mass is 199 g/mol. The van der Waals surface area contributed by atoms with Crippen LogP contribution in [-0.4, -0.2) is 18.4 Å². The van der Waals surface area contributed by atoms with Gasteiger partial charge in [0.05, 0.1) is 0 Å². The van der Waals surface area contributed by atoms with Crippen LogP contribution in [0.2, 0.25) is 0 Å². The smallest absolute Gasteiger partial charge is 0.219 e. The molecule has 0 aromatic carbocycles. The Balaban J connectivity index is 3.13. The summed E-state index contributed by atoms with van der Waals surface area (Å²) in [7, 11) is 0. The molecule has 0 aliphatic rings. The standard InChI is InChI=1S/C9H19N4O/c1-2-12-8(14)6-4-3-5-7-13-9(10)11/h7H,2-6H2,1H3,(H,12,14)(H4,10,11,13). The third-order valence-corrected chi connectivity index (χ3v) is 1.63. The molecule has 0 unspecified atom stereocenters. The lowest BCUT2D eigenvalue weighted by Gasteiger charge is -2.03. The average Bonchev–Trinajstić information content (AvgIpc) is 2.11. The van der Waals surface area contributed by atoms with Crippen LogP contribution in [-0.2, 0) is 4.79 Å². The van der Waals surface area contributed by atoms with Crippen LogP contribution in [0.1, 0.15) is 32.6 Å². The first-order valence-corrected chi connectivity index (χ1v) is 4.85. The van der Waals surface area contributed by atoms with E-state index < -0.39 is 0 Å². The molecule has 5 N–H and O–H groups in total. The molecule has 1 amide bonds. The molecule has 0 aromatic rings. The van der Waals surface area contributed by atoms with Crippen LogP contribution in [0.5, 0.6) is 0 Å². The second kappa shape index (κ2) is 8.34. The van der Waals surface area contributed by atoms with Crippen molar-refractivity contribution in [3.63, 3.8) is 0 Å². The highest BCUT2D eigenvalue weighted by molar-refractivity contribution is 5.75. The van der Waals surface area contributed by atoms with Gasteiger partial charge in [-0.05, 0) is 19.8 Å². The van der Waals surface area contributed by atoms with E-state index in [4.69, 9.17) is 11.1 Å². The van der Waals surface area contributed by atoms with Gasteiger partial charge in [-0.15, -0.1) is 0 Å². The van der Waals surface area contributed by atoms with Crippen LogP contribution < -0.4 is 16.4 Å². The van der Waals surface area contributed by atoms with Crippen molar-refractivity contribution in [3.8, 4) is 0 Å². The third-order valence-electron chi connectivity index (χ3n) is 1.63. The lowest BCUT2D eigenvalue weighted by molar-refractivity contribution is -0.121. The van der Waals surface area contributed by atoms with Gasteiger partial charge < -0.3 is 16.4 Å². The predicted molar refractivity (Wildman–Crippen MR) is 56.5 cm³/mol. The molecule has 5 nitrogen and oxygen atoms in total. The molecule has 5 heteroatoms. The van der Waals surface area contributed by atoms with Crippen LogP contribution in [0, 0.1) is 12.0 Å². The molecular weight excluding hydrogens is 180 g/mol. The lowest BCUT2D eigenvalue weighted by atomic mass is 10.2. The molecule has 14 heavy (non-hydrogen) atoms. The Hall–Kier alpha value is -1.26. The van der Waals surface area contributed by atoms with Gasteiger partial charge in [-0.3, -0.25) is 10.2 Å². The van der Waals surface area contributed by atoms with Gasteiger partial charge in [0.15, 0.2) is 5.96 Å². The summed E-state index contributed by atoms with van der Waals surface area (Å²) < 4.78 is 0. The quantitative estimate of drug-likeness (QED) is 0.270. The average molecular weight is 199 g/mol. The summed E-state index contributed by atoms with van der Waals surface area (Å²) in [5.41, 5.74) is 5.07. The van der Waals surface area contributed by atoms with Crippen LogP contribution in [0.3, 0.4) is 0 Å². The van der Waals surface area contributed by atoms with Crippen LogP contribution in [0.15, 0.2) is 0 Å². The Kier molecular flexibility index (Phi) is 7.59. The normalized spacial score (nSPS) is 9.50. The fraction of sp³-hybridized carbons (Fsp3) is 0.667. The molecule has 0 saturated heterocycles. The zero-order chi connectivity index (χ0) is 10.8. The minimum Gasteiger partial charge on any atom is -0.370 e. The summed E-state index contributed by atoms with van der Waals surface area (Å²) in [5.74, 6) is 0.0563. The summed E-state index contributed by atoms with van der Waals surface area (Å²) in [4.78, 5) is 11.0. The van der Waals surface area contributed by atoms with E-state index in [1.165, 1.54) is 0 Å². The van der Waals surface area contributed by atoms with Gasteiger partial charge >= 0.3 is 0 Å². The molecule has 0 bridgehead atoms. The van der Waals surface area contributed by atoms with E-state index in [1.54, 1.807) is 6.54 Å². The van der Waals surface area contributed by atoms with Gasteiger partial charge in [-0.2, -0.15) is 0 Å². The van der Waals surface area contributed by atoms with Gasteiger partial charge in [0, 0.05) is 19.5 Å². The number of guanidine groups is 1. The number of nitrogens with one attached hydrogen (secondary N) is 3. The molecular formula is C9H19N4O. The second-order valence-electron chi connectivity index (χ2n) is 2.96. The molecule has 1 radical (unpaired) electrons. The fourth-order valence-corrected chi connectivity index (χ4v) is 1.000. The van der Waals surface area contributed by atoms with Crippen molar-refractivity contribution in [1.29, 1.82) is 5.41 Å². The van der Waals surface area contributed by atoms with E-state index in [2.05, 4.69) is 10.6 Å². The molecule has 0 aliphatic heterocycles. The fourth-order valence-electron chi connectivity index (χ4n) is 1.000. The highest BCUT2D eigenvalue weighted by Crippen LogP contribution is 2.00. The minimum absolute atomic E-state index is 0.0475. The number of amides is 1. The highest BCUT2D eigenvalue weighted by Gasteiger charge is 1.98. The predicted octanol–water partition coefficient (Wildman–Crippen LogP) is 0.328. The largest absolute Gasteiger partial charge is 0.370 e. The Bertz CT molecular complexity index is 182. The number of unbranched alkanes of at least 4 members (excludes halogenated alkanes) is 2. The van der Waals surface area contributed by atoms with E-state index in [1.807, 2.05) is 6.92 Å². The molecule has 0 spiro atoms. The number of hydrogen-bond acceptors (Lipinski definition) is 2. The van der Waals surface area contributed by atoms with Crippen molar-refractivity contribution < 1.29 is 4.79 Å². The first kappa shape index (κ1) is 12.7. The summed E-state index contributed by atoms with van der Waals surface area (Å²) in [6.07, 6.45) is 3.18. The molecule has 0 rings (SSSR count). The van der Waals surface area contributed by atoms with E-state index in [0.29, 0.717) is 13.0 Å². The van der Waals surface area contributed by atoms with Crippen molar-refractivity contribution in [2.45, 2.75) is 32.6 Å². The molecule has 0 aromatic heterocycles. The first-order chi connectivity index (χ1) is 6.66. The molecule has 81 valence electrons. The van der Waals surface area contributed by atoms with E-state index in [9.17, 15) is 4.79 Å². The number of carbonyl (C=O) groups excluding carboxylic acids is 1. The zero-order valence-electron chi connectivity index (χ0n) is 8.60.